The van der Waals surface area contributed by atoms with Gasteiger partial charge in [0.25, 0.3) is 5.89 Å². The molecule has 0 unspecified atom stereocenters. The van der Waals surface area contributed by atoms with Gasteiger partial charge in [-0.3, -0.25) is 0 Å². The molecule has 3 rings (SSSR count). The van der Waals surface area contributed by atoms with E-state index in [9.17, 15) is 0 Å². The number of fused-ring (bicyclic) bond motifs is 1. The Morgan fingerprint density at radius 1 is 1.11 bits per heavy atom. The molecule has 4 heteroatoms. The highest BCUT2D eigenvalue weighted by atomic mass is 16.5. The molecule has 19 heavy (non-hydrogen) atoms. The molecule has 0 bridgehead atoms. The van der Waals surface area contributed by atoms with E-state index in [-0.39, 0.29) is 0 Å². The molecule has 0 aliphatic heterocycles. The largest absolute Gasteiger partial charge is 0.450 e. The summed E-state index contributed by atoms with van der Waals surface area (Å²) in [6.45, 7) is 8.16. The number of nitrogens with zero attached hydrogens (tertiary/aromatic N) is 2. The molecule has 1 aromatic carbocycles. The van der Waals surface area contributed by atoms with Gasteiger partial charge in [-0.2, -0.15) is 4.98 Å². The number of hydrogen-bond donors (Lipinski definition) is 0. The minimum atomic E-state index is 0.461. The van der Waals surface area contributed by atoms with Crippen LogP contribution in [0.2, 0.25) is 0 Å². The summed E-state index contributed by atoms with van der Waals surface area (Å²) in [6, 6.07) is 4.19. The Morgan fingerprint density at radius 3 is 2.58 bits per heavy atom. The van der Waals surface area contributed by atoms with E-state index in [2.05, 4.69) is 36.1 Å². The quantitative estimate of drug-likeness (QED) is 0.696. The van der Waals surface area contributed by atoms with Crippen LogP contribution in [0.5, 0.6) is 0 Å². The maximum absolute atomic E-state index is 5.96. The molecule has 2 heterocycles. The molecular weight excluding hydrogens is 240 g/mol. The van der Waals surface area contributed by atoms with Crippen molar-refractivity contribution in [3.63, 3.8) is 0 Å². The number of rotatable bonds is 2. The molecule has 0 N–H and O–H groups in total. The highest BCUT2D eigenvalue weighted by Crippen LogP contribution is 2.34. The highest BCUT2D eigenvalue weighted by molar-refractivity contribution is 5.89. The third kappa shape index (κ3) is 1.75. The molecule has 0 aliphatic rings. The molecule has 0 saturated carbocycles. The predicted octanol–water partition coefficient (Wildman–Crippen LogP) is 3.97. The fourth-order valence-corrected chi connectivity index (χ4v) is 2.21. The van der Waals surface area contributed by atoms with Crippen LogP contribution in [0.4, 0.5) is 0 Å². The number of hydrogen-bond acceptors (Lipinski definition) is 4. The first-order valence-corrected chi connectivity index (χ1v) is 6.44. The third-order valence-electron chi connectivity index (χ3n) is 3.60. The van der Waals surface area contributed by atoms with E-state index in [1.165, 1.54) is 5.56 Å². The van der Waals surface area contributed by atoms with Gasteiger partial charge in [-0.25, -0.2) is 0 Å². The Labute approximate surface area is 111 Å². The summed E-state index contributed by atoms with van der Waals surface area (Å²) >= 11 is 0. The highest BCUT2D eigenvalue weighted by Gasteiger charge is 2.19. The van der Waals surface area contributed by atoms with Crippen LogP contribution < -0.4 is 0 Å². The Balaban J connectivity index is 2.25. The van der Waals surface area contributed by atoms with Gasteiger partial charge in [-0.05, 0) is 31.9 Å². The Morgan fingerprint density at radius 2 is 1.89 bits per heavy atom. The normalized spacial score (nSPS) is 11.4. The fourth-order valence-electron chi connectivity index (χ4n) is 2.21. The molecule has 0 fully saturated rings. The lowest BCUT2D eigenvalue weighted by Gasteiger charge is -1.98. The summed E-state index contributed by atoms with van der Waals surface area (Å²) in [7, 11) is 0. The van der Waals surface area contributed by atoms with Crippen LogP contribution in [0.1, 0.15) is 29.4 Å². The zero-order chi connectivity index (χ0) is 13.6. The number of furan rings is 1. The lowest BCUT2D eigenvalue weighted by molar-refractivity contribution is 0.412. The van der Waals surface area contributed by atoms with Crippen molar-refractivity contribution in [1.82, 2.24) is 10.1 Å². The summed E-state index contributed by atoms with van der Waals surface area (Å²) in [6.07, 6.45) is 0.751. The molecule has 2 aromatic heterocycles. The van der Waals surface area contributed by atoms with Gasteiger partial charge in [0.15, 0.2) is 11.6 Å². The second kappa shape index (κ2) is 4.23. The molecule has 0 radical (unpaired) electrons. The van der Waals surface area contributed by atoms with Gasteiger partial charge in [-0.15, -0.1) is 0 Å². The number of aromatic nitrogens is 2. The van der Waals surface area contributed by atoms with E-state index in [1.807, 2.05) is 13.8 Å². The molecule has 0 atom stereocenters. The summed E-state index contributed by atoms with van der Waals surface area (Å²) < 4.78 is 11.2. The van der Waals surface area contributed by atoms with E-state index in [0.29, 0.717) is 17.5 Å². The maximum atomic E-state index is 5.96. The van der Waals surface area contributed by atoms with E-state index in [0.717, 1.165) is 28.5 Å². The van der Waals surface area contributed by atoms with Gasteiger partial charge in [0.05, 0.1) is 0 Å². The zero-order valence-corrected chi connectivity index (χ0v) is 11.6. The summed E-state index contributed by atoms with van der Waals surface area (Å²) in [4.78, 5) is 4.34. The van der Waals surface area contributed by atoms with Gasteiger partial charge in [0.2, 0.25) is 0 Å². The van der Waals surface area contributed by atoms with Crippen LogP contribution in [0.15, 0.2) is 21.1 Å². The van der Waals surface area contributed by atoms with Crippen LogP contribution in [-0.4, -0.2) is 10.1 Å². The lowest BCUT2D eigenvalue weighted by atomic mass is 10.1. The molecule has 0 spiro atoms. The summed E-state index contributed by atoms with van der Waals surface area (Å²) in [5.41, 5.74) is 4.32. The van der Waals surface area contributed by atoms with Crippen LogP contribution in [0.25, 0.3) is 22.6 Å². The fraction of sp³-hybridized carbons (Fsp3) is 0.333. The van der Waals surface area contributed by atoms with Gasteiger partial charge < -0.3 is 8.94 Å². The van der Waals surface area contributed by atoms with Crippen molar-refractivity contribution in [2.24, 2.45) is 0 Å². The minimum Gasteiger partial charge on any atom is -0.450 e. The maximum Gasteiger partial charge on any atom is 0.293 e. The van der Waals surface area contributed by atoms with Crippen molar-refractivity contribution in [3.05, 3.63) is 34.6 Å². The molecule has 98 valence electrons. The van der Waals surface area contributed by atoms with Crippen molar-refractivity contribution in [2.45, 2.75) is 34.1 Å². The van der Waals surface area contributed by atoms with Crippen LogP contribution in [-0.2, 0) is 6.42 Å². The van der Waals surface area contributed by atoms with Crippen molar-refractivity contribution < 1.29 is 8.94 Å². The van der Waals surface area contributed by atoms with Gasteiger partial charge >= 0.3 is 0 Å². The first-order valence-electron chi connectivity index (χ1n) is 6.44. The molecular formula is C15H16N2O2. The first-order chi connectivity index (χ1) is 9.11. The van der Waals surface area contributed by atoms with Crippen LogP contribution in [0, 0.1) is 20.8 Å². The second-order valence-corrected chi connectivity index (χ2v) is 4.81. The molecule has 3 aromatic rings. The molecule has 4 nitrogen and oxygen atoms in total. The van der Waals surface area contributed by atoms with Gasteiger partial charge in [0, 0.05) is 17.4 Å². The smallest absolute Gasteiger partial charge is 0.293 e. The monoisotopic (exact) mass is 256 g/mol. The van der Waals surface area contributed by atoms with Crippen molar-refractivity contribution in [1.29, 1.82) is 0 Å². The van der Waals surface area contributed by atoms with Crippen molar-refractivity contribution >= 4 is 11.0 Å². The van der Waals surface area contributed by atoms with E-state index in [4.69, 9.17) is 8.94 Å². The van der Waals surface area contributed by atoms with E-state index < -0.39 is 0 Å². The Bertz CT molecular complexity index is 753. The molecule has 0 saturated heterocycles. The van der Waals surface area contributed by atoms with Gasteiger partial charge in [-0.1, -0.05) is 24.2 Å². The number of aryl methyl sites for hydroxylation is 4. The lowest BCUT2D eigenvalue weighted by Crippen LogP contribution is -1.82. The van der Waals surface area contributed by atoms with Crippen LogP contribution in [0.3, 0.4) is 0 Å². The number of benzene rings is 1. The summed E-state index contributed by atoms with van der Waals surface area (Å²) in [5, 5.41) is 5.02. The Kier molecular flexibility index (Phi) is 2.66. The van der Waals surface area contributed by atoms with Crippen LogP contribution >= 0.6 is 0 Å². The van der Waals surface area contributed by atoms with Gasteiger partial charge in [0.1, 0.15) is 5.58 Å². The average molecular weight is 256 g/mol. The topological polar surface area (TPSA) is 52.1 Å². The summed E-state index contributed by atoms with van der Waals surface area (Å²) in [5.74, 6) is 1.83. The van der Waals surface area contributed by atoms with E-state index >= 15 is 0 Å². The standard InChI is InChI=1S/C15H16N2O2/c1-5-12-16-15(19-17-12)14-10(4)11-7-6-8(2)9(3)13(11)18-14/h6-7H,5H2,1-4H3. The average Bonchev–Trinajstić information content (AvgIpc) is 2.99. The van der Waals surface area contributed by atoms with Crippen molar-refractivity contribution in [2.75, 3.05) is 0 Å². The Hall–Kier alpha value is -2.10. The SMILES string of the molecule is CCc1noc(-c2oc3c(C)c(C)ccc3c2C)n1. The zero-order valence-electron chi connectivity index (χ0n) is 11.6. The first kappa shape index (κ1) is 12.0. The molecule has 0 aliphatic carbocycles. The molecule has 0 amide bonds. The predicted molar refractivity (Wildman–Crippen MR) is 73.1 cm³/mol. The van der Waals surface area contributed by atoms with E-state index in [1.54, 1.807) is 0 Å². The third-order valence-corrected chi connectivity index (χ3v) is 3.60. The van der Waals surface area contributed by atoms with Crippen molar-refractivity contribution in [3.8, 4) is 11.7 Å². The second-order valence-electron chi connectivity index (χ2n) is 4.81. The minimum absolute atomic E-state index is 0.461.